The third-order valence-corrected chi connectivity index (χ3v) is 4.93. The predicted octanol–water partition coefficient (Wildman–Crippen LogP) is 5.01. The van der Waals surface area contributed by atoms with Crippen molar-refractivity contribution in [3.8, 4) is 5.75 Å². The van der Waals surface area contributed by atoms with Crippen LogP contribution in [0.1, 0.15) is 15.9 Å². The van der Waals surface area contributed by atoms with Crippen molar-refractivity contribution in [3.05, 3.63) is 88.1 Å². The molecule has 4 rings (SSSR count). The van der Waals surface area contributed by atoms with Gasteiger partial charge in [0.25, 0.3) is 5.91 Å². The van der Waals surface area contributed by atoms with Gasteiger partial charge in [-0.3, -0.25) is 20.5 Å². The van der Waals surface area contributed by atoms with Gasteiger partial charge in [0.05, 0.1) is 5.52 Å². The van der Waals surface area contributed by atoms with Crippen molar-refractivity contribution >= 4 is 44.6 Å². The van der Waals surface area contributed by atoms with E-state index in [4.69, 9.17) is 4.74 Å². The first kappa shape index (κ1) is 20.5. The number of amides is 3. The second kappa shape index (κ2) is 8.97. The standard InChI is InChI=1S/C22H16BrFN4O3/c23-15-7-6-14(18(24)10-15)12-31-16-8-9-19-17(11-16)20(28-27-19)25-22(30)26-21(29)13-4-2-1-3-5-13/h1-11H,12H2,(H3,25,26,27,28,29,30). The number of hydrogen-bond acceptors (Lipinski definition) is 4. The molecule has 3 aromatic carbocycles. The molecule has 4 aromatic rings. The molecule has 0 atom stereocenters. The van der Waals surface area contributed by atoms with E-state index < -0.39 is 11.9 Å². The lowest BCUT2D eigenvalue weighted by Gasteiger charge is -2.08. The second-order valence-electron chi connectivity index (χ2n) is 6.58. The first-order valence-corrected chi connectivity index (χ1v) is 10.0. The van der Waals surface area contributed by atoms with Crippen molar-refractivity contribution in [1.29, 1.82) is 0 Å². The molecule has 0 radical (unpaired) electrons. The topological polar surface area (TPSA) is 96.1 Å². The maximum atomic E-state index is 14.0. The van der Waals surface area contributed by atoms with Crippen LogP contribution in [0.15, 0.2) is 71.2 Å². The van der Waals surface area contributed by atoms with Crippen LogP contribution in [-0.4, -0.2) is 22.1 Å². The summed E-state index contributed by atoms with van der Waals surface area (Å²) in [6.45, 7) is 0.0390. The van der Waals surface area contributed by atoms with Crippen molar-refractivity contribution in [2.75, 3.05) is 5.32 Å². The Morgan fingerprint density at radius 3 is 2.65 bits per heavy atom. The zero-order valence-electron chi connectivity index (χ0n) is 16.0. The van der Waals surface area contributed by atoms with E-state index in [1.54, 1.807) is 60.7 Å². The van der Waals surface area contributed by atoms with E-state index in [9.17, 15) is 14.0 Å². The molecule has 0 aliphatic heterocycles. The van der Waals surface area contributed by atoms with Gasteiger partial charge < -0.3 is 4.74 Å². The Hall–Kier alpha value is -3.72. The van der Waals surface area contributed by atoms with Crippen LogP contribution >= 0.6 is 15.9 Å². The highest BCUT2D eigenvalue weighted by Gasteiger charge is 2.14. The number of ether oxygens (including phenoxy) is 1. The molecule has 9 heteroatoms. The maximum Gasteiger partial charge on any atom is 0.327 e. The monoisotopic (exact) mass is 482 g/mol. The number of carbonyl (C=O) groups is 2. The molecular weight excluding hydrogens is 467 g/mol. The Balaban J connectivity index is 1.45. The normalized spacial score (nSPS) is 10.6. The number of nitrogens with one attached hydrogen (secondary N) is 3. The summed E-state index contributed by atoms with van der Waals surface area (Å²) in [5.41, 5.74) is 1.43. The minimum Gasteiger partial charge on any atom is -0.489 e. The summed E-state index contributed by atoms with van der Waals surface area (Å²) < 4.78 is 20.3. The van der Waals surface area contributed by atoms with E-state index in [0.717, 1.165) is 0 Å². The summed E-state index contributed by atoms with van der Waals surface area (Å²) in [4.78, 5) is 24.3. The molecule has 1 aromatic heterocycles. The number of nitrogens with zero attached hydrogens (tertiary/aromatic N) is 1. The van der Waals surface area contributed by atoms with Crippen LogP contribution < -0.4 is 15.4 Å². The van der Waals surface area contributed by atoms with Crippen LogP contribution in [0.3, 0.4) is 0 Å². The second-order valence-corrected chi connectivity index (χ2v) is 7.49. The molecule has 1 heterocycles. The highest BCUT2D eigenvalue weighted by Crippen LogP contribution is 2.26. The number of imide groups is 1. The average Bonchev–Trinajstić information content (AvgIpc) is 3.15. The van der Waals surface area contributed by atoms with Crippen molar-refractivity contribution < 1.29 is 18.7 Å². The largest absolute Gasteiger partial charge is 0.489 e. The van der Waals surface area contributed by atoms with Crippen LogP contribution in [0.5, 0.6) is 5.75 Å². The fraction of sp³-hybridized carbons (Fsp3) is 0.0455. The summed E-state index contributed by atoms with van der Waals surface area (Å²) in [6, 6.07) is 17.5. The molecule has 0 spiro atoms. The number of hydrogen-bond donors (Lipinski definition) is 3. The minimum absolute atomic E-state index is 0.0390. The van der Waals surface area contributed by atoms with Crippen LogP contribution in [-0.2, 0) is 6.61 Å². The lowest BCUT2D eigenvalue weighted by atomic mass is 10.2. The predicted molar refractivity (Wildman–Crippen MR) is 117 cm³/mol. The first-order valence-electron chi connectivity index (χ1n) is 9.22. The van der Waals surface area contributed by atoms with E-state index in [-0.39, 0.29) is 18.2 Å². The van der Waals surface area contributed by atoms with Gasteiger partial charge in [-0.25, -0.2) is 9.18 Å². The number of H-pyrrole nitrogens is 1. The zero-order valence-corrected chi connectivity index (χ0v) is 17.6. The number of aromatic nitrogens is 2. The Morgan fingerprint density at radius 2 is 1.87 bits per heavy atom. The Bertz CT molecular complexity index is 1260. The zero-order chi connectivity index (χ0) is 21.8. The average molecular weight is 483 g/mol. The van der Waals surface area contributed by atoms with Gasteiger partial charge in [0.15, 0.2) is 5.82 Å². The number of anilines is 1. The maximum absolute atomic E-state index is 14.0. The van der Waals surface area contributed by atoms with Crippen molar-refractivity contribution in [3.63, 3.8) is 0 Å². The van der Waals surface area contributed by atoms with Gasteiger partial charge in [0.2, 0.25) is 0 Å². The Kier molecular flexibility index (Phi) is 5.94. The molecule has 156 valence electrons. The van der Waals surface area contributed by atoms with Gasteiger partial charge in [-0.15, -0.1) is 0 Å². The number of aromatic amines is 1. The van der Waals surface area contributed by atoms with Gasteiger partial charge in [-0.2, -0.15) is 5.10 Å². The summed E-state index contributed by atoms with van der Waals surface area (Å²) >= 11 is 3.22. The Morgan fingerprint density at radius 1 is 1.06 bits per heavy atom. The molecule has 0 saturated carbocycles. The van der Waals surface area contributed by atoms with Gasteiger partial charge >= 0.3 is 6.03 Å². The molecule has 0 bridgehead atoms. The van der Waals surface area contributed by atoms with Crippen LogP contribution in [0, 0.1) is 5.82 Å². The number of carbonyl (C=O) groups excluding carboxylic acids is 2. The SMILES string of the molecule is O=C(NC(=O)c1ccccc1)Nc1n[nH]c2ccc(OCc3ccc(Br)cc3F)cc12. The number of benzene rings is 3. The number of urea groups is 1. The smallest absolute Gasteiger partial charge is 0.327 e. The molecule has 0 aliphatic carbocycles. The molecule has 0 fully saturated rings. The summed E-state index contributed by atoms with van der Waals surface area (Å²) in [7, 11) is 0. The van der Waals surface area contributed by atoms with Crippen LogP contribution in [0.25, 0.3) is 10.9 Å². The van der Waals surface area contributed by atoms with Gasteiger partial charge in [0.1, 0.15) is 18.2 Å². The lowest BCUT2D eigenvalue weighted by Crippen LogP contribution is -2.34. The van der Waals surface area contributed by atoms with E-state index in [1.165, 1.54) is 6.07 Å². The fourth-order valence-corrected chi connectivity index (χ4v) is 3.21. The quantitative estimate of drug-likeness (QED) is 0.372. The van der Waals surface area contributed by atoms with Crippen molar-refractivity contribution in [2.45, 2.75) is 6.61 Å². The van der Waals surface area contributed by atoms with Crippen LogP contribution in [0.2, 0.25) is 0 Å². The molecule has 3 N–H and O–H groups in total. The third-order valence-electron chi connectivity index (χ3n) is 4.44. The molecule has 31 heavy (non-hydrogen) atoms. The van der Waals surface area contributed by atoms with Crippen molar-refractivity contribution in [2.24, 2.45) is 0 Å². The molecule has 0 saturated heterocycles. The van der Waals surface area contributed by atoms with Crippen LogP contribution in [0.4, 0.5) is 15.0 Å². The molecule has 0 unspecified atom stereocenters. The lowest BCUT2D eigenvalue weighted by molar-refractivity contribution is 0.0967. The van der Waals surface area contributed by atoms with E-state index in [0.29, 0.717) is 32.3 Å². The minimum atomic E-state index is -0.717. The van der Waals surface area contributed by atoms with Gasteiger partial charge in [0, 0.05) is 21.0 Å². The van der Waals surface area contributed by atoms with Gasteiger partial charge in [-0.1, -0.05) is 40.2 Å². The highest BCUT2D eigenvalue weighted by atomic mass is 79.9. The number of rotatable bonds is 5. The van der Waals surface area contributed by atoms with E-state index in [2.05, 4.69) is 36.8 Å². The number of fused-ring (bicyclic) bond motifs is 1. The molecule has 3 amide bonds. The van der Waals surface area contributed by atoms with E-state index >= 15 is 0 Å². The van der Waals surface area contributed by atoms with Gasteiger partial charge in [-0.05, 0) is 42.5 Å². The highest BCUT2D eigenvalue weighted by molar-refractivity contribution is 9.10. The number of halogens is 2. The molecule has 0 aliphatic rings. The summed E-state index contributed by atoms with van der Waals surface area (Å²) in [5, 5.41) is 12.2. The molecule has 7 nitrogen and oxygen atoms in total. The Labute approximate surface area is 184 Å². The summed E-state index contributed by atoms with van der Waals surface area (Å²) in [5.74, 6) is -0.201. The summed E-state index contributed by atoms with van der Waals surface area (Å²) in [6.07, 6.45) is 0. The fourth-order valence-electron chi connectivity index (χ4n) is 2.88. The first-order chi connectivity index (χ1) is 15.0. The van der Waals surface area contributed by atoms with E-state index in [1.807, 2.05) is 0 Å². The molecular formula is C22H16BrFN4O3. The third kappa shape index (κ3) is 4.89. The van der Waals surface area contributed by atoms with Crippen molar-refractivity contribution in [1.82, 2.24) is 15.5 Å².